The number of hydrogen-bond donors (Lipinski definition) is 0. The fraction of sp³-hybridized carbons (Fsp3) is 0.800. The van der Waals surface area contributed by atoms with Gasteiger partial charge >= 0.3 is 0 Å². The highest BCUT2D eigenvalue weighted by Gasteiger charge is 2.04. The Morgan fingerprint density at radius 3 is 2.00 bits per heavy atom. The van der Waals surface area contributed by atoms with E-state index < -0.39 is 8.38 Å². The summed E-state index contributed by atoms with van der Waals surface area (Å²) in [5, 5.41) is 8.32. The van der Waals surface area contributed by atoms with Crippen LogP contribution in [0.15, 0.2) is 0 Å². The van der Waals surface area contributed by atoms with Crippen LogP contribution in [0.4, 0.5) is 0 Å². The predicted molar refractivity (Wildman–Crippen MR) is 35.8 cm³/mol. The Hall–Kier alpha value is -0.160. The molecular formula is C5H10NO2P. The van der Waals surface area contributed by atoms with Gasteiger partial charge in [-0.2, -0.15) is 5.26 Å². The van der Waals surface area contributed by atoms with Gasteiger partial charge in [0.05, 0.1) is 13.2 Å². The normalized spacial score (nSPS) is 9.56. The van der Waals surface area contributed by atoms with E-state index >= 15 is 0 Å². The van der Waals surface area contributed by atoms with Crippen molar-refractivity contribution in [3.8, 4) is 5.81 Å². The molecule has 0 aliphatic carbocycles. The molecule has 0 atom stereocenters. The molecule has 3 nitrogen and oxygen atoms in total. The molecule has 0 aromatic rings. The van der Waals surface area contributed by atoms with Gasteiger partial charge in [0.1, 0.15) is 5.81 Å². The molecule has 0 aliphatic rings. The van der Waals surface area contributed by atoms with Gasteiger partial charge in [-0.15, -0.1) is 0 Å². The van der Waals surface area contributed by atoms with Crippen LogP contribution in [0.2, 0.25) is 0 Å². The van der Waals surface area contributed by atoms with Crippen molar-refractivity contribution in [3.05, 3.63) is 0 Å². The molecule has 4 heteroatoms. The zero-order valence-corrected chi connectivity index (χ0v) is 6.52. The van der Waals surface area contributed by atoms with Gasteiger partial charge in [0.15, 0.2) is 0 Å². The first-order valence-electron chi connectivity index (χ1n) is 2.80. The average Bonchev–Trinajstić information content (AvgIpc) is 1.88. The molecule has 0 aliphatic heterocycles. The second-order valence-corrected chi connectivity index (χ2v) is 2.42. The lowest BCUT2D eigenvalue weighted by Crippen LogP contribution is -1.86. The molecule has 0 heterocycles. The molecule has 0 spiro atoms. The van der Waals surface area contributed by atoms with Gasteiger partial charge in [-0.05, 0) is 13.8 Å². The van der Waals surface area contributed by atoms with Crippen molar-refractivity contribution in [3.63, 3.8) is 0 Å². The minimum atomic E-state index is -1.25. The zero-order valence-electron chi connectivity index (χ0n) is 5.63. The first kappa shape index (κ1) is 8.84. The third kappa shape index (κ3) is 4.35. The van der Waals surface area contributed by atoms with E-state index in [4.69, 9.17) is 14.3 Å². The van der Waals surface area contributed by atoms with E-state index in [0.717, 1.165) is 0 Å². The summed E-state index contributed by atoms with van der Waals surface area (Å²) in [5.41, 5.74) is 0. The van der Waals surface area contributed by atoms with Crippen LogP contribution in [0, 0.1) is 11.1 Å². The second-order valence-electron chi connectivity index (χ2n) is 1.19. The highest BCUT2D eigenvalue weighted by molar-refractivity contribution is 7.52. The van der Waals surface area contributed by atoms with Crippen LogP contribution in [0.25, 0.3) is 0 Å². The Balaban J connectivity index is 3.32. The number of nitriles is 1. The topological polar surface area (TPSA) is 42.2 Å². The highest BCUT2D eigenvalue weighted by Crippen LogP contribution is 2.35. The van der Waals surface area contributed by atoms with Crippen LogP contribution in [-0.2, 0) is 9.05 Å². The molecule has 0 rings (SSSR count). The van der Waals surface area contributed by atoms with Gasteiger partial charge in [0.2, 0.25) is 0 Å². The fourth-order valence-corrected chi connectivity index (χ4v) is 0.989. The lowest BCUT2D eigenvalue weighted by molar-refractivity contribution is 0.278. The Morgan fingerprint density at radius 2 is 1.78 bits per heavy atom. The van der Waals surface area contributed by atoms with Crippen LogP contribution >= 0.6 is 8.38 Å². The smallest absolute Gasteiger partial charge is 0.285 e. The lowest BCUT2D eigenvalue weighted by atomic mass is 10.9. The van der Waals surface area contributed by atoms with Crippen molar-refractivity contribution in [2.24, 2.45) is 0 Å². The summed E-state index contributed by atoms with van der Waals surface area (Å²) >= 11 is 0. The van der Waals surface area contributed by atoms with E-state index in [-0.39, 0.29) is 0 Å². The van der Waals surface area contributed by atoms with E-state index in [1.807, 2.05) is 19.7 Å². The summed E-state index contributed by atoms with van der Waals surface area (Å²) < 4.78 is 9.83. The van der Waals surface area contributed by atoms with Crippen molar-refractivity contribution in [2.45, 2.75) is 13.8 Å². The Labute approximate surface area is 56.5 Å². The summed E-state index contributed by atoms with van der Waals surface area (Å²) in [4.78, 5) is 0. The lowest BCUT2D eigenvalue weighted by Gasteiger charge is -2.04. The van der Waals surface area contributed by atoms with Crippen LogP contribution in [0.5, 0.6) is 0 Å². The molecule has 0 saturated carbocycles. The molecule has 9 heavy (non-hydrogen) atoms. The van der Waals surface area contributed by atoms with Crippen LogP contribution in [0.1, 0.15) is 13.8 Å². The first-order chi connectivity index (χ1) is 4.35. The fourth-order valence-electron chi connectivity index (χ4n) is 0.330. The average molecular weight is 147 g/mol. The maximum absolute atomic E-state index is 8.32. The van der Waals surface area contributed by atoms with Crippen molar-refractivity contribution < 1.29 is 9.05 Å². The standard InChI is InChI=1S/C5H10NO2P/c1-3-7-9(5-6)8-4-2/h3-4H2,1-2H3. The Morgan fingerprint density at radius 1 is 1.33 bits per heavy atom. The van der Waals surface area contributed by atoms with Gasteiger partial charge in [0, 0.05) is 0 Å². The number of hydrogen-bond acceptors (Lipinski definition) is 3. The van der Waals surface area contributed by atoms with Gasteiger partial charge in [-0.25, -0.2) is 0 Å². The van der Waals surface area contributed by atoms with Gasteiger partial charge in [-0.1, -0.05) is 0 Å². The van der Waals surface area contributed by atoms with Crippen LogP contribution < -0.4 is 0 Å². The van der Waals surface area contributed by atoms with E-state index in [9.17, 15) is 0 Å². The van der Waals surface area contributed by atoms with Crippen molar-refractivity contribution in [2.75, 3.05) is 13.2 Å². The zero-order chi connectivity index (χ0) is 7.11. The summed E-state index contributed by atoms with van der Waals surface area (Å²) in [6.45, 7) is 4.76. The molecule has 0 radical (unpaired) electrons. The molecule has 0 aromatic heterocycles. The van der Waals surface area contributed by atoms with E-state index in [0.29, 0.717) is 13.2 Å². The van der Waals surface area contributed by atoms with Crippen molar-refractivity contribution >= 4 is 8.38 Å². The SMILES string of the molecule is CCOP(C#N)OCC. The highest BCUT2D eigenvalue weighted by atomic mass is 31.2. The molecule has 0 unspecified atom stereocenters. The summed E-state index contributed by atoms with van der Waals surface area (Å²) in [5.74, 6) is 1.92. The maximum atomic E-state index is 8.32. The summed E-state index contributed by atoms with van der Waals surface area (Å²) in [7, 11) is -1.25. The maximum Gasteiger partial charge on any atom is 0.285 e. The van der Waals surface area contributed by atoms with Gasteiger partial charge in [-0.3, -0.25) is 0 Å². The third-order valence-corrected chi connectivity index (χ3v) is 1.72. The summed E-state index contributed by atoms with van der Waals surface area (Å²) in [6, 6.07) is 0. The molecular weight excluding hydrogens is 137 g/mol. The molecule has 0 aromatic carbocycles. The van der Waals surface area contributed by atoms with Crippen molar-refractivity contribution in [1.82, 2.24) is 0 Å². The predicted octanol–water partition coefficient (Wildman–Crippen LogP) is 1.85. The molecule has 0 bridgehead atoms. The van der Waals surface area contributed by atoms with Gasteiger partial charge < -0.3 is 9.05 Å². The molecule has 0 saturated heterocycles. The van der Waals surface area contributed by atoms with Crippen LogP contribution in [-0.4, -0.2) is 13.2 Å². The number of nitrogens with zero attached hydrogens (tertiary/aromatic N) is 1. The van der Waals surface area contributed by atoms with Crippen LogP contribution in [0.3, 0.4) is 0 Å². The number of rotatable bonds is 4. The molecule has 52 valence electrons. The monoisotopic (exact) mass is 147 g/mol. The van der Waals surface area contributed by atoms with Gasteiger partial charge in [0.25, 0.3) is 8.38 Å². The third-order valence-electron chi connectivity index (χ3n) is 0.574. The molecule has 0 amide bonds. The minimum Gasteiger partial charge on any atom is -0.323 e. The Kier molecular flexibility index (Phi) is 5.86. The van der Waals surface area contributed by atoms with E-state index in [1.165, 1.54) is 0 Å². The second kappa shape index (κ2) is 5.97. The summed E-state index contributed by atoms with van der Waals surface area (Å²) in [6.07, 6.45) is 0. The Bertz CT molecular complexity index is 95.6. The largest absolute Gasteiger partial charge is 0.323 e. The van der Waals surface area contributed by atoms with E-state index in [2.05, 4.69) is 0 Å². The molecule has 0 fully saturated rings. The quantitative estimate of drug-likeness (QED) is 0.570. The minimum absolute atomic E-state index is 0.541. The first-order valence-corrected chi connectivity index (χ1v) is 3.98. The van der Waals surface area contributed by atoms with Crippen molar-refractivity contribution in [1.29, 1.82) is 5.26 Å². The molecule has 0 N–H and O–H groups in total. The van der Waals surface area contributed by atoms with E-state index in [1.54, 1.807) is 0 Å².